The lowest BCUT2D eigenvalue weighted by Gasteiger charge is -2.25. The molecule has 1 aliphatic carbocycles. The lowest BCUT2D eigenvalue weighted by molar-refractivity contribution is -0.116. The molecule has 2 nitrogen and oxygen atoms in total. The van der Waals surface area contributed by atoms with Crippen molar-refractivity contribution in [1.82, 2.24) is 0 Å². The van der Waals surface area contributed by atoms with E-state index in [9.17, 15) is 9.18 Å². The molecule has 0 amide bonds. The van der Waals surface area contributed by atoms with E-state index < -0.39 is 5.60 Å². The van der Waals surface area contributed by atoms with Crippen molar-refractivity contribution in [3.05, 3.63) is 47.0 Å². The molecule has 2 aliphatic rings. The maximum absolute atomic E-state index is 13.0. The van der Waals surface area contributed by atoms with Crippen LogP contribution in [-0.2, 0) is 15.1 Å². The zero-order valence-corrected chi connectivity index (χ0v) is 10.3. The molecule has 18 heavy (non-hydrogen) atoms. The van der Waals surface area contributed by atoms with Crippen molar-refractivity contribution in [3.63, 3.8) is 0 Å². The maximum atomic E-state index is 13.0. The van der Waals surface area contributed by atoms with E-state index in [-0.39, 0.29) is 11.6 Å². The van der Waals surface area contributed by atoms with Crippen LogP contribution in [-0.4, -0.2) is 5.78 Å². The molecule has 0 fully saturated rings. The molecule has 1 aliphatic heterocycles. The quantitative estimate of drug-likeness (QED) is 0.758. The van der Waals surface area contributed by atoms with Gasteiger partial charge in [0.2, 0.25) is 0 Å². The van der Waals surface area contributed by atoms with Crippen molar-refractivity contribution in [2.75, 3.05) is 0 Å². The third-order valence-electron chi connectivity index (χ3n) is 3.80. The molecule has 94 valence electrons. The first-order valence-electron chi connectivity index (χ1n) is 6.29. The van der Waals surface area contributed by atoms with E-state index in [1.165, 1.54) is 12.1 Å². The van der Waals surface area contributed by atoms with Gasteiger partial charge in [-0.25, -0.2) is 4.39 Å². The first kappa shape index (κ1) is 11.5. The average molecular weight is 246 g/mol. The highest BCUT2D eigenvalue weighted by Gasteiger charge is 2.41. The van der Waals surface area contributed by atoms with Gasteiger partial charge in [0.05, 0.1) is 0 Å². The van der Waals surface area contributed by atoms with Crippen LogP contribution in [0.2, 0.25) is 0 Å². The predicted octanol–water partition coefficient (Wildman–Crippen LogP) is 3.47. The minimum atomic E-state index is -0.516. The fourth-order valence-electron chi connectivity index (χ4n) is 2.79. The van der Waals surface area contributed by atoms with Crippen LogP contribution in [0, 0.1) is 5.82 Å². The highest BCUT2D eigenvalue weighted by atomic mass is 19.1. The Kier molecular flexibility index (Phi) is 2.51. The summed E-state index contributed by atoms with van der Waals surface area (Å²) in [5.74, 6) is 0.800. The second-order valence-electron chi connectivity index (χ2n) is 5.20. The van der Waals surface area contributed by atoms with Gasteiger partial charge < -0.3 is 4.74 Å². The number of Topliss-reactive ketones (excluding diaryl/α,β-unsaturated/α-hetero) is 1. The Bertz CT molecular complexity index is 530. The minimum absolute atomic E-state index is 0.210. The van der Waals surface area contributed by atoms with Crippen molar-refractivity contribution in [2.45, 2.75) is 38.2 Å². The number of carbonyl (C=O) groups is 1. The summed E-state index contributed by atoms with van der Waals surface area (Å²) in [6, 6.07) is 6.34. The van der Waals surface area contributed by atoms with Gasteiger partial charge >= 0.3 is 0 Å². The summed E-state index contributed by atoms with van der Waals surface area (Å²) < 4.78 is 18.9. The Balaban J connectivity index is 1.91. The molecular weight excluding hydrogens is 231 g/mol. The Hall–Kier alpha value is -1.64. The summed E-state index contributed by atoms with van der Waals surface area (Å²) in [6.45, 7) is 1.96. The van der Waals surface area contributed by atoms with Gasteiger partial charge in [-0.2, -0.15) is 0 Å². The number of hydrogen-bond acceptors (Lipinski definition) is 2. The van der Waals surface area contributed by atoms with Crippen LogP contribution in [0.5, 0.6) is 0 Å². The van der Waals surface area contributed by atoms with E-state index in [0.717, 1.165) is 29.7 Å². The number of benzene rings is 1. The molecule has 1 unspecified atom stereocenters. The normalized spacial score (nSPS) is 27.1. The standard InChI is InChI=1S/C15H15FO2/c1-15(10-5-7-11(16)8-6-10)9-12-13(17)3-2-4-14(12)18-15/h5-8H,2-4,9H2,1H3. The van der Waals surface area contributed by atoms with Crippen molar-refractivity contribution >= 4 is 5.78 Å². The second-order valence-corrected chi connectivity index (χ2v) is 5.20. The molecule has 0 saturated carbocycles. The molecule has 1 aromatic carbocycles. The van der Waals surface area contributed by atoms with Crippen molar-refractivity contribution in [1.29, 1.82) is 0 Å². The van der Waals surface area contributed by atoms with Gasteiger partial charge in [-0.15, -0.1) is 0 Å². The molecule has 0 radical (unpaired) electrons. The van der Waals surface area contributed by atoms with E-state index >= 15 is 0 Å². The summed E-state index contributed by atoms with van der Waals surface area (Å²) in [5.41, 5.74) is 1.25. The lowest BCUT2D eigenvalue weighted by atomic mass is 9.87. The van der Waals surface area contributed by atoms with Gasteiger partial charge in [-0.1, -0.05) is 12.1 Å². The largest absolute Gasteiger partial charge is 0.486 e. The third kappa shape index (κ3) is 1.74. The first-order valence-corrected chi connectivity index (χ1v) is 6.29. The van der Waals surface area contributed by atoms with Crippen LogP contribution in [0.1, 0.15) is 38.2 Å². The van der Waals surface area contributed by atoms with Gasteiger partial charge in [-0.3, -0.25) is 4.79 Å². The number of rotatable bonds is 1. The molecule has 1 heterocycles. The van der Waals surface area contributed by atoms with E-state index in [4.69, 9.17) is 4.74 Å². The molecule has 0 N–H and O–H groups in total. The zero-order chi connectivity index (χ0) is 12.8. The van der Waals surface area contributed by atoms with Gasteiger partial charge in [0.1, 0.15) is 17.2 Å². The molecule has 0 spiro atoms. The number of carbonyl (C=O) groups excluding carboxylic acids is 1. The molecule has 0 saturated heterocycles. The van der Waals surface area contributed by atoms with Crippen LogP contribution in [0.15, 0.2) is 35.6 Å². The minimum Gasteiger partial charge on any atom is -0.486 e. The Morgan fingerprint density at radius 1 is 1.22 bits per heavy atom. The molecule has 0 bridgehead atoms. The van der Waals surface area contributed by atoms with Gasteiger partial charge in [-0.05, 0) is 31.0 Å². The number of ether oxygens (including phenoxy) is 1. The summed E-state index contributed by atoms with van der Waals surface area (Å²) >= 11 is 0. The van der Waals surface area contributed by atoms with Gasteiger partial charge in [0, 0.05) is 24.8 Å². The SMILES string of the molecule is CC1(c2ccc(F)cc2)CC2=C(CCCC2=O)O1. The van der Waals surface area contributed by atoms with E-state index in [0.29, 0.717) is 12.8 Å². The van der Waals surface area contributed by atoms with Crippen molar-refractivity contribution < 1.29 is 13.9 Å². The molecule has 1 aromatic rings. The van der Waals surface area contributed by atoms with Crippen LogP contribution in [0.4, 0.5) is 4.39 Å². The number of halogens is 1. The summed E-state index contributed by atoms with van der Waals surface area (Å²) in [6.07, 6.45) is 2.95. The Morgan fingerprint density at radius 3 is 2.61 bits per heavy atom. The third-order valence-corrected chi connectivity index (χ3v) is 3.80. The van der Waals surface area contributed by atoms with Crippen LogP contribution in [0.3, 0.4) is 0 Å². The Labute approximate surface area is 105 Å². The topological polar surface area (TPSA) is 26.3 Å². The summed E-state index contributed by atoms with van der Waals surface area (Å²) in [5, 5.41) is 0. The number of allylic oxidation sites excluding steroid dienone is 1. The number of hydrogen-bond donors (Lipinski definition) is 0. The fourth-order valence-corrected chi connectivity index (χ4v) is 2.79. The first-order chi connectivity index (χ1) is 8.58. The van der Waals surface area contributed by atoms with Crippen molar-refractivity contribution in [2.24, 2.45) is 0 Å². The van der Waals surface area contributed by atoms with E-state index in [1.807, 2.05) is 6.92 Å². The van der Waals surface area contributed by atoms with Crippen molar-refractivity contribution in [3.8, 4) is 0 Å². The second kappa shape index (κ2) is 3.94. The molecule has 3 heteroatoms. The lowest BCUT2D eigenvalue weighted by Crippen LogP contribution is -2.21. The monoisotopic (exact) mass is 246 g/mol. The molecule has 1 atom stereocenters. The average Bonchev–Trinajstić information content (AvgIpc) is 2.69. The van der Waals surface area contributed by atoms with E-state index in [1.54, 1.807) is 12.1 Å². The number of ketones is 1. The fraction of sp³-hybridized carbons (Fsp3) is 0.400. The van der Waals surface area contributed by atoms with Gasteiger partial charge in [0.25, 0.3) is 0 Å². The zero-order valence-electron chi connectivity index (χ0n) is 10.3. The predicted molar refractivity (Wildman–Crippen MR) is 65.3 cm³/mol. The van der Waals surface area contributed by atoms with Crippen LogP contribution in [0.25, 0.3) is 0 Å². The molecule has 3 rings (SSSR count). The molecule has 0 aromatic heterocycles. The van der Waals surface area contributed by atoms with Crippen LogP contribution < -0.4 is 0 Å². The summed E-state index contributed by atoms with van der Waals surface area (Å²) in [7, 11) is 0. The highest BCUT2D eigenvalue weighted by Crippen LogP contribution is 2.45. The summed E-state index contributed by atoms with van der Waals surface area (Å²) in [4.78, 5) is 11.9. The van der Waals surface area contributed by atoms with E-state index in [2.05, 4.69) is 0 Å². The van der Waals surface area contributed by atoms with Gasteiger partial charge in [0.15, 0.2) is 5.78 Å². The molecular formula is C15H15FO2. The van der Waals surface area contributed by atoms with Crippen LogP contribution >= 0.6 is 0 Å². The smallest absolute Gasteiger partial charge is 0.162 e. The Morgan fingerprint density at radius 2 is 1.94 bits per heavy atom. The maximum Gasteiger partial charge on any atom is 0.162 e. The highest BCUT2D eigenvalue weighted by molar-refractivity contribution is 5.97.